The molecule has 0 radical (unpaired) electrons. The van der Waals surface area contributed by atoms with Gasteiger partial charge < -0.3 is 21.1 Å². The number of nitrogens with zero attached hydrogens (tertiary/aromatic N) is 3. The van der Waals surface area contributed by atoms with Crippen LogP contribution in [0.1, 0.15) is 12.5 Å². The lowest BCUT2D eigenvalue weighted by Crippen LogP contribution is -2.26. The second kappa shape index (κ2) is 6.96. The van der Waals surface area contributed by atoms with Gasteiger partial charge in [-0.25, -0.2) is 4.99 Å². The molecule has 0 amide bonds. The van der Waals surface area contributed by atoms with Crippen LogP contribution in [0, 0.1) is 0 Å². The van der Waals surface area contributed by atoms with Gasteiger partial charge >= 0.3 is 0 Å². The first-order valence-corrected chi connectivity index (χ1v) is 8.75. The van der Waals surface area contributed by atoms with Crippen LogP contribution >= 0.6 is 0 Å². The van der Waals surface area contributed by atoms with Gasteiger partial charge in [-0.3, -0.25) is 5.10 Å². The minimum absolute atomic E-state index is 0.0118. The number of H-pyrrole nitrogens is 1. The van der Waals surface area contributed by atoms with E-state index in [0.717, 1.165) is 22.2 Å². The Hall–Kier alpha value is -4.00. The molecular weight excluding hydrogens is 352 g/mol. The van der Waals surface area contributed by atoms with Gasteiger partial charge in [0.2, 0.25) is 0 Å². The van der Waals surface area contributed by atoms with Crippen LogP contribution in [0.2, 0.25) is 0 Å². The summed E-state index contributed by atoms with van der Waals surface area (Å²) in [5.74, 6) is 0.585. The van der Waals surface area contributed by atoms with Gasteiger partial charge in [-0.15, -0.1) is 0 Å². The van der Waals surface area contributed by atoms with Gasteiger partial charge in [0, 0.05) is 35.1 Å². The van der Waals surface area contributed by atoms with Gasteiger partial charge in [0.25, 0.3) is 0 Å². The van der Waals surface area contributed by atoms with Gasteiger partial charge in [-0.05, 0) is 25.1 Å². The van der Waals surface area contributed by atoms with Crippen LogP contribution in [0.15, 0.2) is 78.3 Å². The molecule has 7 heteroatoms. The molecule has 0 saturated carbocycles. The standard InChI is InChI=1S/C21H20N6O/c1-3-8-27-12-19(14-4-5-15-11-23-26-18(15)9-14)25-21(13(27)2)24-16-6-7-17(22)20(28)10-16/h3-12,28H,2,22H2,1H3,(H,23,26)(H,24,25)/b8-3-. The maximum absolute atomic E-state index is 9.87. The highest BCUT2D eigenvalue weighted by molar-refractivity contribution is 6.11. The number of fused-ring (bicyclic) bond motifs is 1. The van der Waals surface area contributed by atoms with Crippen molar-refractivity contribution in [1.82, 2.24) is 15.1 Å². The number of nitrogen functional groups attached to an aromatic ring is 1. The van der Waals surface area contributed by atoms with E-state index in [1.165, 1.54) is 0 Å². The fraction of sp³-hybridized carbons (Fsp3) is 0.0476. The molecule has 1 aliphatic rings. The summed E-state index contributed by atoms with van der Waals surface area (Å²) in [6, 6.07) is 11.0. The lowest BCUT2D eigenvalue weighted by molar-refractivity contribution is 0.478. The van der Waals surface area contributed by atoms with E-state index in [9.17, 15) is 5.11 Å². The number of anilines is 2. The molecule has 0 unspecified atom stereocenters. The number of hydrogen-bond acceptors (Lipinski definition) is 6. The average molecular weight is 372 g/mol. The van der Waals surface area contributed by atoms with Crippen LogP contribution < -0.4 is 11.1 Å². The number of aromatic amines is 1. The van der Waals surface area contributed by atoms with Crippen molar-refractivity contribution in [3.05, 3.63) is 78.9 Å². The Kier molecular flexibility index (Phi) is 4.33. The summed E-state index contributed by atoms with van der Waals surface area (Å²) >= 11 is 0. The lowest BCUT2D eigenvalue weighted by atomic mass is 10.1. The monoisotopic (exact) mass is 372 g/mol. The second-order valence-corrected chi connectivity index (χ2v) is 6.38. The van der Waals surface area contributed by atoms with E-state index in [1.54, 1.807) is 24.4 Å². The summed E-state index contributed by atoms with van der Waals surface area (Å²) in [6.07, 6.45) is 7.54. The number of nitrogens with one attached hydrogen (secondary N) is 2. The van der Waals surface area contributed by atoms with E-state index in [2.05, 4.69) is 22.1 Å². The predicted octanol–water partition coefficient (Wildman–Crippen LogP) is 4.02. The van der Waals surface area contributed by atoms with Crippen molar-refractivity contribution >= 4 is 33.8 Å². The molecule has 0 aliphatic carbocycles. The van der Waals surface area contributed by atoms with Crippen LogP contribution in [0.5, 0.6) is 5.75 Å². The first-order chi connectivity index (χ1) is 13.5. The molecule has 0 fully saturated rings. The van der Waals surface area contributed by atoms with Crippen LogP contribution in [-0.4, -0.2) is 26.0 Å². The molecule has 0 atom stereocenters. The summed E-state index contributed by atoms with van der Waals surface area (Å²) in [7, 11) is 0. The number of phenolic OH excluding ortho intramolecular Hbond substituents is 1. The zero-order chi connectivity index (χ0) is 19.7. The number of benzene rings is 2. The van der Waals surface area contributed by atoms with Gasteiger partial charge in [-0.1, -0.05) is 24.8 Å². The zero-order valence-electron chi connectivity index (χ0n) is 15.3. The van der Waals surface area contributed by atoms with Crippen molar-refractivity contribution in [2.24, 2.45) is 4.99 Å². The highest BCUT2D eigenvalue weighted by Crippen LogP contribution is 2.29. The molecule has 7 nitrogen and oxygen atoms in total. The Labute approximate surface area is 162 Å². The highest BCUT2D eigenvalue weighted by Gasteiger charge is 2.19. The number of hydrogen-bond donors (Lipinski definition) is 4. The molecule has 0 bridgehead atoms. The third kappa shape index (κ3) is 3.21. The number of phenols is 1. The number of nitrogens with two attached hydrogens (primary N) is 1. The van der Waals surface area contributed by atoms with E-state index in [1.807, 2.05) is 48.5 Å². The van der Waals surface area contributed by atoms with Crippen LogP contribution in [0.3, 0.4) is 0 Å². The Bertz CT molecular complexity index is 1150. The molecule has 0 spiro atoms. The van der Waals surface area contributed by atoms with E-state index in [0.29, 0.717) is 22.9 Å². The van der Waals surface area contributed by atoms with Crippen molar-refractivity contribution in [2.45, 2.75) is 6.92 Å². The third-order valence-electron chi connectivity index (χ3n) is 4.42. The van der Waals surface area contributed by atoms with E-state index >= 15 is 0 Å². The summed E-state index contributed by atoms with van der Waals surface area (Å²) in [4.78, 5) is 6.65. The number of aromatic hydroxyl groups is 1. The molecular formula is C21H20N6O. The van der Waals surface area contributed by atoms with Gasteiger partial charge in [0.15, 0.2) is 5.84 Å². The van der Waals surface area contributed by atoms with Crippen molar-refractivity contribution < 1.29 is 5.11 Å². The van der Waals surface area contributed by atoms with Crippen molar-refractivity contribution in [2.75, 3.05) is 11.1 Å². The van der Waals surface area contributed by atoms with Crippen LogP contribution in [-0.2, 0) is 0 Å². The predicted molar refractivity (Wildman–Crippen MR) is 113 cm³/mol. The molecule has 1 aromatic heterocycles. The number of aromatic nitrogens is 2. The van der Waals surface area contributed by atoms with Crippen molar-refractivity contribution in [1.29, 1.82) is 0 Å². The first-order valence-electron chi connectivity index (χ1n) is 8.75. The van der Waals surface area contributed by atoms with Crippen LogP contribution in [0.4, 0.5) is 11.4 Å². The number of aliphatic imine (C=N–C) groups is 1. The number of amidine groups is 1. The Morgan fingerprint density at radius 1 is 1.25 bits per heavy atom. The Balaban J connectivity index is 1.74. The van der Waals surface area contributed by atoms with Gasteiger partial charge in [-0.2, -0.15) is 5.10 Å². The van der Waals surface area contributed by atoms with Gasteiger partial charge in [0.05, 0.1) is 28.8 Å². The minimum Gasteiger partial charge on any atom is -0.506 e. The molecule has 5 N–H and O–H groups in total. The smallest absolute Gasteiger partial charge is 0.154 e. The molecule has 0 saturated heterocycles. The summed E-state index contributed by atoms with van der Waals surface area (Å²) in [5.41, 5.74) is 10.00. The molecule has 28 heavy (non-hydrogen) atoms. The first kappa shape index (κ1) is 17.4. The second-order valence-electron chi connectivity index (χ2n) is 6.38. The van der Waals surface area contributed by atoms with E-state index in [4.69, 9.17) is 10.7 Å². The fourth-order valence-electron chi connectivity index (χ4n) is 2.93. The Morgan fingerprint density at radius 3 is 2.89 bits per heavy atom. The maximum atomic E-state index is 9.87. The van der Waals surface area contributed by atoms with Crippen LogP contribution in [0.25, 0.3) is 16.6 Å². The molecule has 1 aliphatic heterocycles. The molecule has 4 rings (SSSR count). The fourth-order valence-corrected chi connectivity index (χ4v) is 2.93. The highest BCUT2D eigenvalue weighted by atomic mass is 16.3. The normalized spacial score (nSPS) is 14.5. The maximum Gasteiger partial charge on any atom is 0.154 e. The summed E-state index contributed by atoms with van der Waals surface area (Å²) in [5, 5.41) is 21.2. The number of rotatable bonds is 3. The van der Waals surface area contributed by atoms with E-state index < -0.39 is 0 Å². The molecule has 3 aromatic rings. The van der Waals surface area contributed by atoms with E-state index in [-0.39, 0.29) is 5.75 Å². The van der Waals surface area contributed by atoms with Crippen molar-refractivity contribution in [3.8, 4) is 5.75 Å². The average Bonchev–Trinajstić information content (AvgIpc) is 3.15. The topological polar surface area (TPSA) is 103 Å². The summed E-state index contributed by atoms with van der Waals surface area (Å²) < 4.78 is 0. The number of allylic oxidation sites excluding steroid dienone is 1. The van der Waals surface area contributed by atoms with Crippen molar-refractivity contribution in [3.63, 3.8) is 0 Å². The summed E-state index contributed by atoms with van der Waals surface area (Å²) in [6.45, 7) is 6.07. The zero-order valence-corrected chi connectivity index (χ0v) is 15.3. The quantitative estimate of drug-likeness (QED) is 0.411. The molecule has 140 valence electrons. The SMILES string of the molecule is C=C1C(Nc2ccc(N)c(O)c2)=NC(c2ccc3cn[nH]c3c2)=CN1/C=C\C. The molecule has 2 aromatic carbocycles. The minimum atomic E-state index is 0.0118. The van der Waals surface area contributed by atoms with Gasteiger partial charge in [0.1, 0.15) is 5.75 Å². The third-order valence-corrected chi connectivity index (χ3v) is 4.42. The Morgan fingerprint density at radius 2 is 2.11 bits per heavy atom. The lowest BCUT2D eigenvalue weighted by Gasteiger charge is -2.26. The molecule has 2 heterocycles. The largest absolute Gasteiger partial charge is 0.506 e.